The van der Waals surface area contributed by atoms with Gasteiger partial charge in [0.25, 0.3) is 0 Å². The van der Waals surface area contributed by atoms with Gasteiger partial charge in [-0.1, -0.05) is 17.7 Å². The Balaban J connectivity index is 2.27. The van der Waals surface area contributed by atoms with Crippen LogP contribution in [0.15, 0.2) is 18.2 Å². The fourth-order valence-corrected chi connectivity index (χ4v) is 1.83. The summed E-state index contributed by atoms with van der Waals surface area (Å²) in [7, 11) is 0. The third-order valence-corrected chi connectivity index (χ3v) is 2.94. The van der Waals surface area contributed by atoms with Crippen molar-refractivity contribution in [1.82, 2.24) is 0 Å². The van der Waals surface area contributed by atoms with Crippen LogP contribution in [0.4, 0.5) is 11.4 Å². The van der Waals surface area contributed by atoms with Crippen LogP contribution in [0.5, 0.6) is 0 Å². The van der Waals surface area contributed by atoms with E-state index >= 15 is 0 Å². The number of rotatable bonds is 3. The molecule has 0 radical (unpaired) electrons. The van der Waals surface area contributed by atoms with E-state index in [1.54, 1.807) is 12.1 Å². The minimum atomic E-state index is -0.441. The van der Waals surface area contributed by atoms with Gasteiger partial charge in [0.2, 0.25) is 0 Å². The molecular formula is C10H11ClN2O2. The van der Waals surface area contributed by atoms with E-state index in [-0.39, 0.29) is 10.7 Å². The van der Waals surface area contributed by atoms with Crippen LogP contribution in [-0.4, -0.2) is 11.0 Å². The fourth-order valence-electron chi connectivity index (χ4n) is 1.59. The molecule has 0 spiro atoms. The van der Waals surface area contributed by atoms with E-state index in [1.165, 1.54) is 12.5 Å². The summed E-state index contributed by atoms with van der Waals surface area (Å²) >= 11 is 5.79. The number of halogens is 1. The van der Waals surface area contributed by atoms with Crippen molar-refractivity contribution in [2.45, 2.75) is 25.3 Å². The Morgan fingerprint density at radius 2 is 2.20 bits per heavy atom. The highest BCUT2D eigenvalue weighted by molar-refractivity contribution is 6.33. The van der Waals surface area contributed by atoms with Crippen LogP contribution in [0.2, 0.25) is 5.02 Å². The van der Waals surface area contributed by atoms with Crippen molar-refractivity contribution in [1.29, 1.82) is 0 Å². The van der Waals surface area contributed by atoms with Gasteiger partial charge in [0.15, 0.2) is 0 Å². The second-order valence-electron chi connectivity index (χ2n) is 3.67. The summed E-state index contributed by atoms with van der Waals surface area (Å²) in [5.41, 5.74) is 0.503. The zero-order chi connectivity index (χ0) is 10.8. The van der Waals surface area contributed by atoms with Crippen LogP contribution in [0.1, 0.15) is 19.3 Å². The summed E-state index contributed by atoms with van der Waals surface area (Å²) in [4.78, 5) is 10.4. The molecule has 0 saturated heterocycles. The van der Waals surface area contributed by atoms with Gasteiger partial charge >= 0.3 is 5.69 Å². The third kappa shape index (κ3) is 2.04. The number of nitro groups is 1. The first-order valence-corrected chi connectivity index (χ1v) is 5.25. The van der Waals surface area contributed by atoms with Crippen LogP contribution in [0.3, 0.4) is 0 Å². The second kappa shape index (κ2) is 4.06. The number of nitro benzene ring substituents is 1. The average molecular weight is 227 g/mol. The van der Waals surface area contributed by atoms with Crippen molar-refractivity contribution >= 4 is 23.0 Å². The maximum atomic E-state index is 10.8. The minimum Gasteiger partial charge on any atom is -0.377 e. The van der Waals surface area contributed by atoms with Crippen LogP contribution < -0.4 is 5.32 Å². The van der Waals surface area contributed by atoms with Crippen molar-refractivity contribution in [3.8, 4) is 0 Å². The number of nitrogens with one attached hydrogen (secondary N) is 1. The lowest BCUT2D eigenvalue weighted by Gasteiger charge is -2.27. The van der Waals surface area contributed by atoms with Crippen molar-refractivity contribution in [2.75, 3.05) is 5.32 Å². The second-order valence-corrected chi connectivity index (χ2v) is 4.07. The summed E-state index contributed by atoms with van der Waals surface area (Å²) < 4.78 is 0. The number of hydrogen-bond donors (Lipinski definition) is 1. The molecule has 1 fully saturated rings. The molecule has 0 atom stereocenters. The Morgan fingerprint density at radius 1 is 1.47 bits per heavy atom. The zero-order valence-electron chi connectivity index (χ0n) is 8.07. The molecule has 1 aliphatic carbocycles. The highest BCUT2D eigenvalue weighted by atomic mass is 35.5. The number of anilines is 1. The molecule has 1 aliphatic rings. The number of nitrogens with zero attached hydrogens (tertiary/aromatic N) is 1. The van der Waals surface area contributed by atoms with E-state index in [1.807, 2.05) is 0 Å². The van der Waals surface area contributed by atoms with Crippen LogP contribution in [0, 0.1) is 10.1 Å². The summed E-state index contributed by atoms with van der Waals surface area (Å²) in [6, 6.07) is 5.31. The Labute approximate surface area is 92.4 Å². The van der Waals surface area contributed by atoms with Gasteiger partial charge in [-0.05, 0) is 31.4 Å². The smallest absolute Gasteiger partial charge is 0.310 e. The molecule has 4 nitrogen and oxygen atoms in total. The van der Waals surface area contributed by atoms with E-state index in [2.05, 4.69) is 5.32 Å². The monoisotopic (exact) mass is 226 g/mol. The molecule has 5 heteroatoms. The SMILES string of the molecule is O=[N+]([O-])c1c(Cl)cccc1NC1CCC1. The lowest BCUT2D eigenvalue weighted by atomic mass is 9.93. The van der Waals surface area contributed by atoms with Gasteiger partial charge in [0.05, 0.1) is 4.92 Å². The summed E-state index contributed by atoms with van der Waals surface area (Å²) in [5.74, 6) is 0. The molecule has 0 amide bonds. The van der Waals surface area contributed by atoms with Gasteiger partial charge < -0.3 is 5.32 Å². The Kier molecular flexibility index (Phi) is 2.77. The lowest BCUT2D eigenvalue weighted by molar-refractivity contribution is -0.383. The van der Waals surface area contributed by atoms with Gasteiger partial charge in [-0.15, -0.1) is 0 Å². The molecule has 0 aromatic heterocycles. The van der Waals surface area contributed by atoms with Gasteiger partial charge in [0.1, 0.15) is 10.7 Å². The lowest BCUT2D eigenvalue weighted by Crippen LogP contribution is -2.27. The standard InChI is InChI=1S/C10H11ClN2O2/c11-8-5-2-6-9(10(8)13(14)15)12-7-3-1-4-7/h2,5-7,12H,1,3-4H2. The summed E-state index contributed by atoms with van der Waals surface area (Å²) in [6.07, 6.45) is 3.33. The van der Waals surface area contributed by atoms with Gasteiger partial charge in [-0.3, -0.25) is 10.1 Å². The zero-order valence-corrected chi connectivity index (χ0v) is 8.83. The van der Waals surface area contributed by atoms with Crippen molar-refractivity contribution in [2.24, 2.45) is 0 Å². The maximum absolute atomic E-state index is 10.8. The number of hydrogen-bond acceptors (Lipinski definition) is 3. The molecule has 2 rings (SSSR count). The average Bonchev–Trinajstić information content (AvgIpc) is 2.10. The van der Waals surface area contributed by atoms with E-state index in [0.717, 1.165) is 12.8 Å². The maximum Gasteiger partial charge on any atom is 0.310 e. The van der Waals surface area contributed by atoms with E-state index in [4.69, 9.17) is 11.6 Å². The highest BCUT2D eigenvalue weighted by Crippen LogP contribution is 2.34. The molecule has 0 aliphatic heterocycles. The van der Waals surface area contributed by atoms with Crippen molar-refractivity contribution in [3.63, 3.8) is 0 Å². The van der Waals surface area contributed by atoms with E-state index < -0.39 is 4.92 Å². The molecule has 1 saturated carbocycles. The van der Waals surface area contributed by atoms with Crippen molar-refractivity contribution < 1.29 is 4.92 Å². The van der Waals surface area contributed by atoms with Crippen molar-refractivity contribution in [3.05, 3.63) is 33.3 Å². The van der Waals surface area contributed by atoms with Crippen LogP contribution in [0.25, 0.3) is 0 Å². The first kappa shape index (κ1) is 10.2. The molecule has 15 heavy (non-hydrogen) atoms. The molecule has 1 aromatic rings. The summed E-state index contributed by atoms with van der Waals surface area (Å²) in [5, 5.41) is 14.1. The van der Waals surface area contributed by atoms with Crippen LogP contribution >= 0.6 is 11.6 Å². The first-order valence-electron chi connectivity index (χ1n) is 4.88. The fraction of sp³-hybridized carbons (Fsp3) is 0.400. The Hall–Kier alpha value is -1.29. The molecule has 0 heterocycles. The molecule has 80 valence electrons. The molecule has 0 bridgehead atoms. The van der Waals surface area contributed by atoms with E-state index in [0.29, 0.717) is 11.7 Å². The normalized spacial score (nSPS) is 15.8. The molecule has 1 N–H and O–H groups in total. The quantitative estimate of drug-likeness (QED) is 0.636. The van der Waals surface area contributed by atoms with Gasteiger partial charge in [-0.2, -0.15) is 0 Å². The topological polar surface area (TPSA) is 55.2 Å². The predicted octanol–water partition coefficient (Wildman–Crippen LogP) is 3.21. The predicted molar refractivity (Wildman–Crippen MR) is 59.4 cm³/mol. The number of benzene rings is 1. The summed E-state index contributed by atoms with van der Waals surface area (Å²) in [6.45, 7) is 0. The molecule has 0 unspecified atom stereocenters. The van der Waals surface area contributed by atoms with Gasteiger partial charge in [-0.25, -0.2) is 0 Å². The Morgan fingerprint density at radius 3 is 2.73 bits per heavy atom. The minimum absolute atomic E-state index is 0.0222. The largest absolute Gasteiger partial charge is 0.377 e. The highest BCUT2D eigenvalue weighted by Gasteiger charge is 2.23. The first-order chi connectivity index (χ1) is 7.18. The van der Waals surface area contributed by atoms with Gasteiger partial charge in [0, 0.05) is 6.04 Å². The molecule has 1 aromatic carbocycles. The third-order valence-electron chi connectivity index (χ3n) is 2.63. The van der Waals surface area contributed by atoms with Crippen LogP contribution in [-0.2, 0) is 0 Å². The number of para-hydroxylation sites is 1. The van der Waals surface area contributed by atoms with E-state index in [9.17, 15) is 10.1 Å². The molecular weight excluding hydrogens is 216 g/mol. The Bertz CT molecular complexity index is 391.